The molecule has 0 radical (unpaired) electrons. The van der Waals surface area contributed by atoms with Gasteiger partial charge in [-0.25, -0.2) is 8.42 Å². The van der Waals surface area contributed by atoms with Crippen molar-refractivity contribution in [2.75, 3.05) is 18.8 Å². The van der Waals surface area contributed by atoms with Crippen LogP contribution in [0.5, 0.6) is 0 Å². The molecule has 0 fully saturated rings. The van der Waals surface area contributed by atoms with E-state index < -0.39 is 10.0 Å². The molecule has 0 bridgehead atoms. The summed E-state index contributed by atoms with van der Waals surface area (Å²) in [5.41, 5.74) is 1.08. The van der Waals surface area contributed by atoms with Crippen LogP contribution in [0, 0.1) is 0 Å². The highest BCUT2D eigenvalue weighted by Gasteiger charge is 2.17. The van der Waals surface area contributed by atoms with Gasteiger partial charge in [0.05, 0.1) is 22.0 Å². The van der Waals surface area contributed by atoms with Gasteiger partial charge in [-0.1, -0.05) is 41.4 Å². The molecular weight excluding hydrogens is 371 g/mol. The predicted molar refractivity (Wildman–Crippen MR) is 97.2 cm³/mol. The minimum Gasteiger partial charge on any atom is -0.345 e. The van der Waals surface area contributed by atoms with Crippen LogP contribution in [0.1, 0.15) is 15.9 Å². The van der Waals surface area contributed by atoms with E-state index in [1.165, 1.54) is 23.1 Å². The maximum atomic E-state index is 12.3. The molecule has 0 aliphatic heterocycles. The molecule has 0 atom stereocenters. The highest BCUT2D eigenvalue weighted by atomic mass is 35.5. The number of nitrogens with zero attached hydrogens (tertiary/aromatic N) is 1. The number of amides is 1. The lowest BCUT2D eigenvalue weighted by atomic mass is 10.2. The fraction of sp³-hybridized carbons (Fsp3) is 0.188. The quantitative estimate of drug-likeness (QED) is 0.852. The molecule has 128 valence electrons. The molecule has 5 nitrogen and oxygen atoms in total. The first-order chi connectivity index (χ1) is 11.2. The van der Waals surface area contributed by atoms with Gasteiger partial charge in [0.25, 0.3) is 5.91 Å². The molecule has 0 saturated heterocycles. The summed E-state index contributed by atoms with van der Waals surface area (Å²) in [5.74, 6) is -0.520. The fourth-order valence-corrected chi connectivity index (χ4v) is 3.79. The van der Waals surface area contributed by atoms with E-state index in [1.54, 1.807) is 38.4 Å². The summed E-state index contributed by atoms with van der Waals surface area (Å²) in [6, 6.07) is 11.1. The third-order valence-corrected chi connectivity index (χ3v) is 5.10. The van der Waals surface area contributed by atoms with E-state index in [0.29, 0.717) is 16.1 Å². The second-order valence-electron chi connectivity index (χ2n) is 5.35. The topological polar surface area (TPSA) is 66.5 Å². The highest BCUT2D eigenvalue weighted by molar-refractivity contribution is 7.91. The molecule has 1 amide bonds. The smallest absolute Gasteiger partial charge is 0.254 e. The average molecular weight is 387 g/mol. The summed E-state index contributed by atoms with van der Waals surface area (Å²) in [4.78, 5) is 13.3. The van der Waals surface area contributed by atoms with Crippen molar-refractivity contribution in [3.63, 3.8) is 0 Å². The lowest BCUT2D eigenvalue weighted by molar-refractivity contribution is 0.0828. The molecule has 8 heteroatoms. The average Bonchev–Trinajstić information content (AvgIpc) is 2.48. The van der Waals surface area contributed by atoms with Gasteiger partial charge in [-0.3, -0.25) is 9.52 Å². The van der Waals surface area contributed by atoms with Crippen molar-refractivity contribution in [3.8, 4) is 0 Å². The Kier molecular flexibility index (Phi) is 5.74. The van der Waals surface area contributed by atoms with Crippen molar-refractivity contribution in [2.45, 2.75) is 5.75 Å². The fourth-order valence-electron chi connectivity index (χ4n) is 2.03. The second-order valence-corrected chi connectivity index (χ2v) is 7.88. The standard InChI is InChI=1S/C16H16Cl2N2O3S/c1-20(2)16(21)13-8-7-12(9-15(13)18)19-24(22,23)10-11-5-3-4-6-14(11)17/h3-9,19H,10H2,1-2H3. The number of hydrogen-bond acceptors (Lipinski definition) is 3. The molecule has 2 aromatic carbocycles. The van der Waals surface area contributed by atoms with E-state index in [4.69, 9.17) is 23.2 Å². The van der Waals surface area contributed by atoms with E-state index in [-0.39, 0.29) is 22.4 Å². The molecule has 2 aromatic rings. The molecule has 1 N–H and O–H groups in total. The number of hydrogen-bond donors (Lipinski definition) is 1. The number of nitrogens with one attached hydrogen (secondary N) is 1. The molecule has 2 rings (SSSR count). The first-order valence-corrected chi connectivity index (χ1v) is 9.35. The molecule has 0 saturated carbocycles. The van der Waals surface area contributed by atoms with Gasteiger partial charge in [-0.2, -0.15) is 0 Å². The summed E-state index contributed by atoms with van der Waals surface area (Å²) in [7, 11) is -0.445. The first-order valence-electron chi connectivity index (χ1n) is 6.95. The Balaban J connectivity index is 2.20. The Labute approximate surface area is 151 Å². The van der Waals surface area contributed by atoms with Gasteiger partial charge in [-0.15, -0.1) is 0 Å². The maximum absolute atomic E-state index is 12.3. The van der Waals surface area contributed by atoms with Gasteiger partial charge < -0.3 is 4.90 Å². The van der Waals surface area contributed by atoms with Crippen LogP contribution >= 0.6 is 23.2 Å². The molecule has 0 heterocycles. The predicted octanol–water partition coefficient (Wildman–Crippen LogP) is 3.64. The Morgan fingerprint density at radius 1 is 1.08 bits per heavy atom. The Morgan fingerprint density at radius 2 is 1.75 bits per heavy atom. The van der Waals surface area contributed by atoms with Crippen LogP contribution in [-0.2, 0) is 15.8 Å². The maximum Gasteiger partial charge on any atom is 0.254 e. The van der Waals surface area contributed by atoms with Crippen LogP contribution in [0.4, 0.5) is 5.69 Å². The summed E-state index contributed by atoms with van der Waals surface area (Å²) in [6.45, 7) is 0. The van der Waals surface area contributed by atoms with E-state index in [1.807, 2.05) is 0 Å². The van der Waals surface area contributed by atoms with Crippen LogP contribution in [0.3, 0.4) is 0 Å². The normalized spacial score (nSPS) is 11.2. The Bertz CT molecular complexity index is 867. The van der Waals surface area contributed by atoms with Crippen molar-refractivity contribution in [1.29, 1.82) is 0 Å². The number of anilines is 1. The van der Waals surface area contributed by atoms with Gasteiger partial charge >= 0.3 is 0 Å². The number of carbonyl (C=O) groups excluding carboxylic acids is 1. The SMILES string of the molecule is CN(C)C(=O)c1ccc(NS(=O)(=O)Cc2ccccc2Cl)cc1Cl. The minimum atomic E-state index is -3.66. The lowest BCUT2D eigenvalue weighted by Gasteiger charge is -2.13. The van der Waals surface area contributed by atoms with Gasteiger partial charge in [0.1, 0.15) is 0 Å². The Morgan fingerprint density at radius 3 is 2.33 bits per heavy atom. The lowest BCUT2D eigenvalue weighted by Crippen LogP contribution is -2.22. The van der Waals surface area contributed by atoms with Gasteiger partial charge in [0.15, 0.2) is 0 Å². The van der Waals surface area contributed by atoms with Crippen LogP contribution in [0.2, 0.25) is 10.0 Å². The zero-order chi connectivity index (χ0) is 17.9. The number of carbonyl (C=O) groups is 1. The third kappa shape index (κ3) is 4.63. The van der Waals surface area contributed by atoms with E-state index >= 15 is 0 Å². The van der Waals surface area contributed by atoms with Gasteiger partial charge in [-0.05, 0) is 29.8 Å². The van der Waals surface area contributed by atoms with E-state index in [0.717, 1.165) is 0 Å². The largest absolute Gasteiger partial charge is 0.345 e. The number of rotatable bonds is 5. The van der Waals surface area contributed by atoms with Crippen LogP contribution in [0.15, 0.2) is 42.5 Å². The Hall–Kier alpha value is -1.76. The van der Waals surface area contributed by atoms with Gasteiger partial charge in [0, 0.05) is 19.1 Å². The molecule has 0 aliphatic rings. The van der Waals surface area contributed by atoms with Crippen molar-refractivity contribution in [3.05, 3.63) is 63.6 Å². The first kappa shape index (κ1) is 18.6. The van der Waals surface area contributed by atoms with Crippen molar-refractivity contribution in [2.24, 2.45) is 0 Å². The van der Waals surface area contributed by atoms with Crippen molar-refractivity contribution < 1.29 is 13.2 Å². The molecule has 0 unspecified atom stereocenters. The zero-order valence-electron chi connectivity index (χ0n) is 13.1. The number of halogens is 2. The van der Waals surface area contributed by atoms with Crippen LogP contribution in [-0.4, -0.2) is 33.3 Å². The van der Waals surface area contributed by atoms with Crippen molar-refractivity contribution >= 4 is 44.8 Å². The second kappa shape index (κ2) is 7.42. The zero-order valence-corrected chi connectivity index (χ0v) is 15.4. The summed E-state index contributed by atoms with van der Waals surface area (Å²) in [5, 5.41) is 0.555. The number of sulfonamides is 1. The highest BCUT2D eigenvalue weighted by Crippen LogP contribution is 2.24. The molecule has 0 aliphatic carbocycles. The number of benzene rings is 2. The van der Waals surface area contributed by atoms with Crippen LogP contribution < -0.4 is 4.72 Å². The van der Waals surface area contributed by atoms with E-state index in [2.05, 4.69) is 4.72 Å². The third-order valence-electron chi connectivity index (χ3n) is 3.18. The summed E-state index contributed by atoms with van der Waals surface area (Å²) >= 11 is 12.1. The minimum absolute atomic E-state index is 0.173. The summed E-state index contributed by atoms with van der Waals surface area (Å²) in [6.07, 6.45) is 0. The van der Waals surface area contributed by atoms with Crippen LogP contribution in [0.25, 0.3) is 0 Å². The van der Waals surface area contributed by atoms with E-state index in [9.17, 15) is 13.2 Å². The molecule has 24 heavy (non-hydrogen) atoms. The monoisotopic (exact) mass is 386 g/mol. The van der Waals surface area contributed by atoms with Crippen molar-refractivity contribution in [1.82, 2.24) is 4.90 Å². The molecule has 0 aromatic heterocycles. The molecule has 0 spiro atoms. The summed E-state index contributed by atoms with van der Waals surface area (Å²) < 4.78 is 27.0. The molecular formula is C16H16Cl2N2O3S. The van der Waals surface area contributed by atoms with Gasteiger partial charge in [0.2, 0.25) is 10.0 Å².